The number of hydrogen-bond acceptors (Lipinski definition) is 3. The maximum atomic E-state index is 6.61. The quantitative estimate of drug-likeness (QED) is 0.318. The molecule has 4 aromatic rings. The van der Waals surface area contributed by atoms with Gasteiger partial charge < -0.3 is 14.8 Å². The third-order valence-electron chi connectivity index (χ3n) is 6.22. The summed E-state index contributed by atoms with van der Waals surface area (Å²) in [6, 6.07) is 19.6. The van der Waals surface area contributed by atoms with Crippen molar-refractivity contribution in [2.24, 2.45) is 0 Å². The molecule has 0 saturated carbocycles. The Kier molecular flexibility index (Phi) is 6.30. The zero-order valence-corrected chi connectivity index (χ0v) is 21.1. The number of pyridine rings is 2. The molecule has 0 bridgehead atoms. The van der Waals surface area contributed by atoms with Gasteiger partial charge in [0.15, 0.2) is 5.11 Å². The minimum Gasteiger partial charge on any atom is -0.352 e. The molecule has 1 saturated heterocycles. The summed E-state index contributed by atoms with van der Waals surface area (Å²) in [4.78, 5) is 11.4. The number of aromatic nitrogens is 3. The summed E-state index contributed by atoms with van der Waals surface area (Å²) in [5.41, 5.74) is 6.02. The summed E-state index contributed by atoms with van der Waals surface area (Å²) < 4.78 is 2.15. The molecular formula is C26H23Cl2N5S. The van der Waals surface area contributed by atoms with Gasteiger partial charge in [-0.3, -0.25) is 9.97 Å². The van der Waals surface area contributed by atoms with E-state index in [1.54, 1.807) is 12.3 Å². The van der Waals surface area contributed by atoms with E-state index in [0.29, 0.717) is 21.7 Å². The number of nitrogens with one attached hydrogen (secondary N) is 1. The van der Waals surface area contributed by atoms with E-state index in [4.69, 9.17) is 35.4 Å². The van der Waals surface area contributed by atoms with Crippen molar-refractivity contribution in [3.63, 3.8) is 0 Å². The van der Waals surface area contributed by atoms with Gasteiger partial charge in [0.05, 0.1) is 45.7 Å². The highest BCUT2D eigenvalue weighted by Crippen LogP contribution is 2.42. The Morgan fingerprint density at radius 2 is 1.74 bits per heavy atom. The Morgan fingerprint density at radius 3 is 2.44 bits per heavy atom. The van der Waals surface area contributed by atoms with Crippen LogP contribution in [-0.2, 0) is 6.54 Å². The van der Waals surface area contributed by atoms with Gasteiger partial charge in [0.1, 0.15) is 0 Å². The lowest BCUT2D eigenvalue weighted by atomic mass is 9.96. The molecule has 34 heavy (non-hydrogen) atoms. The van der Waals surface area contributed by atoms with E-state index < -0.39 is 0 Å². The number of thiocarbonyl (C=S) groups is 1. The molecule has 1 aliphatic rings. The fourth-order valence-corrected chi connectivity index (χ4v) is 5.39. The van der Waals surface area contributed by atoms with Crippen molar-refractivity contribution in [3.05, 3.63) is 111 Å². The predicted octanol–water partition coefficient (Wildman–Crippen LogP) is 6.36. The van der Waals surface area contributed by atoms with Crippen molar-refractivity contribution in [2.75, 3.05) is 0 Å². The van der Waals surface area contributed by atoms with Crippen LogP contribution in [0.2, 0.25) is 10.0 Å². The van der Waals surface area contributed by atoms with Crippen molar-refractivity contribution in [2.45, 2.75) is 32.5 Å². The fraction of sp³-hybridized carbons (Fsp3) is 0.192. The Bertz CT molecular complexity index is 1340. The van der Waals surface area contributed by atoms with E-state index in [0.717, 1.165) is 34.0 Å². The van der Waals surface area contributed by atoms with E-state index in [-0.39, 0.29) is 12.1 Å². The Balaban J connectivity index is 1.64. The highest BCUT2D eigenvalue weighted by molar-refractivity contribution is 7.80. The fourth-order valence-electron chi connectivity index (χ4n) is 4.70. The van der Waals surface area contributed by atoms with E-state index >= 15 is 0 Å². The summed E-state index contributed by atoms with van der Waals surface area (Å²) in [5.74, 6) is 0. The number of hydrogen-bond donors (Lipinski definition) is 1. The normalized spacial score (nSPS) is 17.8. The summed E-state index contributed by atoms with van der Waals surface area (Å²) >= 11 is 18.8. The van der Waals surface area contributed by atoms with Gasteiger partial charge in [0.2, 0.25) is 0 Å². The second-order valence-electron chi connectivity index (χ2n) is 8.31. The zero-order valence-electron chi connectivity index (χ0n) is 18.7. The summed E-state index contributed by atoms with van der Waals surface area (Å²) in [6.45, 7) is 4.77. The lowest BCUT2D eigenvalue weighted by molar-refractivity contribution is 0.307. The second kappa shape index (κ2) is 9.37. The number of nitrogens with zero attached hydrogens (tertiary/aromatic N) is 4. The lowest BCUT2D eigenvalue weighted by Crippen LogP contribution is -2.29. The van der Waals surface area contributed by atoms with Gasteiger partial charge in [-0.1, -0.05) is 41.4 Å². The minimum absolute atomic E-state index is 0.0812. The molecule has 0 radical (unpaired) electrons. The molecule has 5 nitrogen and oxygen atoms in total. The minimum atomic E-state index is -0.110. The maximum absolute atomic E-state index is 6.61. The summed E-state index contributed by atoms with van der Waals surface area (Å²) in [5, 5.41) is 5.25. The Hall–Kier alpha value is -2.93. The third kappa shape index (κ3) is 4.06. The molecule has 3 aromatic heterocycles. The average molecular weight is 508 g/mol. The molecule has 1 fully saturated rings. The van der Waals surface area contributed by atoms with E-state index in [2.05, 4.69) is 44.7 Å². The van der Waals surface area contributed by atoms with Gasteiger partial charge in [-0.2, -0.15) is 0 Å². The first-order valence-electron chi connectivity index (χ1n) is 11.0. The van der Waals surface area contributed by atoms with Gasteiger partial charge >= 0.3 is 0 Å². The number of benzene rings is 1. The molecule has 1 aliphatic heterocycles. The van der Waals surface area contributed by atoms with Crippen LogP contribution >= 0.6 is 35.4 Å². The molecule has 0 aliphatic carbocycles. The molecule has 5 rings (SSSR count). The topological polar surface area (TPSA) is 46.0 Å². The number of rotatable bonds is 5. The maximum Gasteiger partial charge on any atom is 0.170 e. The van der Waals surface area contributed by atoms with Gasteiger partial charge in [0.25, 0.3) is 0 Å². The second-order valence-corrected chi connectivity index (χ2v) is 9.48. The molecule has 4 heterocycles. The van der Waals surface area contributed by atoms with Crippen molar-refractivity contribution in [1.29, 1.82) is 0 Å². The van der Waals surface area contributed by atoms with Gasteiger partial charge in [-0.05, 0) is 74.1 Å². The van der Waals surface area contributed by atoms with E-state index in [9.17, 15) is 0 Å². The first-order chi connectivity index (χ1) is 16.5. The molecule has 0 spiro atoms. The molecule has 172 valence electrons. The Labute approximate surface area is 214 Å². The lowest BCUT2D eigenvalue weighted by Gasteiger charge is -2.28. The van der Waals surface area contributed by atoms with Gasteiger partial charge in [0, 0.05) is 23.8 Å². The summed E-state index contributed by atoms with van der Waals surface area (Å²) in [6.07, 6.45) is 3.62. The highest BCUT2D eigenvalue weighted by Gasteiger charge is 2.41. The van der Waals surface area contributed by atoms with Crippen LogP contribution in [0, 0.1) is 13.8 Å². The van der Waals surface area contributed by atoms with E-state index in [1.165, 1.54) is 0 Å². The first kappa shape index (κ1) is 22.8. The first-order valence-corrected chi connectivity index (χ1v) is 12.1. The number of aryl methyl sites for hydroxylation is 1. The van der Waals surface area contributed by atoms with Crippen LogP contribution in [0.5, 0.6) is 0 Å². The molecule has 1 aromatic carbocycles. The molecule has 2 atom stereocenters. The smallest absolute Gasteiger partial charge is 0.170 e. The molecule has 1 N–H and O–H groups in total. The van der Waals surface area contributed by atoms with E-state index in [1.807, 2.05) is 54.7 Å². The standard InChI is InChI=1S/C26H23Cl2N5S/c1-16-14-19(17(2)33(16)22-11-7-9-20(27)23(22)28)25-24(21-10-4-6-13-30-21)31-26(34)32(25)15-18-8-3-5-12-29-18/h3-14,24-25H,15H2,1-2H3,(H,31,34)/t24-,25-/m1/s1. The SMILES string of the molecule is Cc1cc([C@@H]2[C@@H](c3ccccn3)NC(=S)N2Cc2ccccn2)c(C)n1-c1cccc(Cl)c1Cl. The van der Waals surface area contributed by atoms with Crippen LogP contribution in [0.25, 0.3) is 5.69 Å². The highest BCUT2D eigenvalue weighted by atomic mass is 35.5. The molecule has 0 unspecified atom stereocenters. The van der Waals surface area contributed by atoms with Crippen LogP contribution in [0.4, 0.5) is 0 Å². The summed E-state index contributed by atoms with van der Waals surface area (Å²) in [7, 11) is 0. The van der Waals surface area contributed by atoms with Crippen molar-refractivity contribution < 1.29 is 0 Å². The van der Waals surface area contributed by atoms with Gasteiger partial charge in [-0.25, -0.2) is 0 Å². The van der Waals surface area contributed by atoms with Crippen LogP contribution < -0.4 is 5.32 Å². The monoisotopic (exact) mass is 507 g/mol. The molecule has 8 heteroatoms. The molecular weight excluding hydrogens is 485 g/mol. The predicted molar refractivity (Wildman–Crippen MR) is 140 cm³/mol. The third-order valence-corrected chi connectivity index (χ3v) is 7.38. The van der Waals surface area contributed by atoms with Crippen molar-refractivity contribution in [3.8, 4) is 5.69 Å². The average Bonchev–Trinajstić information content (AvgIpc) is 3.32. The van der Waals surface area contributed by atoms with Crippen LogP contribution in [0.15, 0.2) is 73.1 Å². The zero-order chi connectivity index (χ0) is 23.8. The van der Waals surface area contributed by atoms with Crippen molar-refractivity contribution >= 4 is 40.5 Å². The van der Waals surface area contributed by atoms with Crippen LogP contribution in [0.1, 0.15) is 40.4 Å². The van der Waals surface area contributed by atoms with Gasteiger partial charge in [-0.15, -0.1) is 0 Å². The van der Waals surface area contributed by atoms with Crippen molar-refractivity contribution in [1.82, 2.24) is 24.8 Å². The largest absolute Gasteiger partial charge is 0.352 e. The molecule has 0 amide bonds. The van der Waals surface area contributed by atoms with Crippen LogP contribution in [-0.4, -0.2) is 24.5 Å². The number of halogens is 2. The van der Waals surface area contributed by atoms with Crippen LogP contribution in [0.3, 0.4) is 0 Å². The Morgan fingerprint density at radius 1 is 0.971 bits per heavy atom.